The first-order valence-electron chi connectivity index (χ1n) is 4.35. The van der Waals surface area contributed by atoms with Crippen LogP contribution in [0.4, 0.5) is 0 Å². The van der Waals surface area contributed by atoms with E-state index in [1.807, 2.05) is 0 Å². The van der Waals surface area contributed by atoms with Gasteiger partial charge in [-0.05, 0) is 0 Å². The monoisotopic (exact) mass is 468 g/mol. The van der Waals surface area contributed by atoms with Gasteiger partial charge in [-0.15, -0.1) is 0 Å². The van der Waals surface area contributed by atoms with Crippen molar-refractivity contribution in [3.8, 4) is 0 Å². The SMILES string of the molecule is C1=C[CH-]C2=c3cccc[c]3=[Sb][C]2=C1.[Cl-].[Cl-].[Cl-].[Zr+4]. The first-order chi connectivity index (χ1) is 6.45. The zero-order valence-corrected chi connectivity index (χ0v) is 16.0. The molecule has 1 aliphatic heterocycles. The Labute approximate surface area is 149 Å². The fraction of sp³-hybridized carbons (Fsp3) is 0. The average Bonchev–Trinajstić information content (AvgIpc) is 2.56. The third-order valence-electron chi connectivity index (χ3n) is 2.34. The van der Waals surface area contributed by atoms with Crippen molar-refractivity contribution in [2.24, 2.45) is 0 Å². The first-order valence-corrected chi connectivity index (χ1v) is 6.90. The quantitative estimate of drug-likeness (QED) is 0.261. The van der Waals surface area contributed by atoms with Crippen LogP contribution in [0.3, 0.4) is 0 Å². The molecule has 3 rings (SSSR count). The Kier molecular flexibility index (Phi) is 10.8. The minimum Gasteiger partial charge on any atom is -1.00 e. The molecule has 0 saturated carbocycles. The Morgan fingerprint density at radius 3 is 2.47 bits per heavy atom. The first kappa shape index (κ1) is 20.3. The van der Waals surface area contributed by atoms with Crippen LogP contribution in [0, 0.1) is 9.51 Å². The Morgan fingerprint density at radius 2 is 1.71 bits per heavy atom. The van der Waals surface area contributed by atoms with Gasteiger partial charge in [0.2, 0.25) is 0 Å². The molecule has 2 aliphatic rings. The van der Waals surface area contributed by atoms with Crippen molar-refractivity contribution in [3.05, 3.63) is 60.7 Å². The molecule has 0 radical (unpaired) electrons. The number of allylic oxidation sites excluding steroid dienone is 4. The van der Waals surface area contributed by atoms with Gasteiger partial charge < -0.3 is 37.2 Å². The minimum atomic E-state index is -0.261. The van der Waals surface area contributed by atoms with Gasteiger partial charge in [0.05, 0.1) is 0 Å². The van der Waals surface area contributed by atoms with Crippen LogP contribution < -0.4 is 42.4 Å². The normalized spacial score (nSPS) is 12.9. The van der Waals surface area contributed by atoms with Crippen LogP contribution in [-0.2, 0) is 26.2 Å². The molecule has 17 heavy (non-hydrogen) atoms. The molecule has 1 aliphatic carbocycles. The number of hydrogen-bond donors (Lipinski definition) is 0. The van der Waals surface area contributed by atoms with E-state index in [0.29, 0.717) is 0 Å². The molecule has 0 bridgehead atoms. The second-order valence-electron chi connectivity index (χ2n) is 3.15. The molecule has 86 valence electrons. The van der Waals surface area contributed by atoms with E-state index in [0.717, 1.165) is 0 Å². The van der Waals surface area contributed by atoms with Crippen LogP contribution in [0.2, 0.25) is 0 Å². The van der Waals surface area contributed by atoms with Gasteiger partial charge in [-0.3, -0.25) is 0 Å². The predicted octanol–water partition coefficient (Wildman–Crippen LogP) is -7.53. The Morgan fingerprint density at radius 1 is 1.00 bits per heavy atom. The van der Waals surface area contributed by atoms with E-state index in [1.54, 1.807) is 6.61 Å². The third kappa shape index (κ3) is 3.99. The molecule has 0 nitrogen and oxygen atoms in total. The van der Waals surface area contributed by atoms with Crippen LogP contribution in [-0.4, -0.2) is 21.1 Å². The van der Waals surface area contributed by atoms with E-state index in [1.165, 1.54) is 10.8 Å². The van der Waals surface area contributed by atoms with Crippen molar-refractivity contribution < 1.29 is 63.4 Å². The maximum atomic E-state index is 2.28. The summed E-state index contributed by atoms with van der Waals surface area (Å²) in [6, 6.07) is 8.82. The molecule has 0 aromatic heterocycles. The van der Waals surface area contributed by atoms with Crippen molar-refractivity contribution in [2.75, 3.05) is 0 Å². The summed E-state index contributed by atoms with van der Waals surface area (Å²) in [5.41, 5.74) is 1.48. The van der Waals surface area contributed by atoms with Gasteiger partial charge in [0, 0.05) is 0 Å². The van der Waals surface area contributed by atoms with Crippen LogP contribution >= 0.6 is 0 Å². The summed E-state index contributed by atoms with van der Waals surface area (Å²) < 4.78 is 3.22. The number of rotatable bonds is 0. The predicted molar refractivity (Wildman–Crippen MR) is 55.6 cm³/mol. The van der Waals surface area contributed by atoms with Gasteiger partial charge >= 0.3 is 114 Å². The number of fused-ring (bicyclic) bond motifs is 2. The summed E-state index contributed by atoms with van der Waals surface area (Å²) >= 11 is -0.261. The molecule has 0 amide bonds. The Balaban J connectivity index is 0. The smallest absolute Gasteiger partial charge is 1.00 e. The zero-order valence-electron chi connectivity index (χ0n) is 8.70. The summed E-state index contributed by atoms with van der Waals surface area (Å²) in [5.74, 6) is 0. The molecule has 0 unspecified atom stereocenters. The van der Waals surface area contributed by atoms with Gasteiger partial charge in [0.25, 0.3) is 0 Å². The van der Waals surface area contributed by atoms with E-state index < -0.39 is 0 Å². The van der Waals surface area contributed by atoms with Gasteiger partial charge in [-0.25, -0.2) is 0 Å². The van der Waals surface area contributed by atoms with Crippen LogP contribution in [0.5, 0.6) is 0 Å². The average molecular weight is 472 g/mol. The van der Waals surface area contributed by atoms with E-state index in [-0.39, 0.29) is 84.6 Å². The van der Waals surface area contributed by atoms with E-state index >= 15 is 0 Å². The maximum Gasteiger partial charge on any atom is 4.00 e. The van der Waals surface area contributed by atoms with Gasteiger partial charge in [-0.1, -0.05) is 0 Å². The van der Waals surface area contributed by atoms with Crippen LogP contribution in [0.15, 0.2) is 46.0 Å². The summed E-state index contributed by atoms with van der Waals surface area (Å²) in [6.07, 6.45) is 8.82. The van der Waals surface area contributed by atoms with Crippen LogP contribution in [0.1, 0.15) is 0 Å². The molecule has 0 fully saturated rings. The fourth-order valence-electron chi connectivity index (χ4n) is 1.73. The topological polar surface area (TPSA) is 0 Å². The standard InChI is InChI=1S/C12H8.3ClH.Sb.Zr/c1-3-7-11(8-4-1)12-9-5-2-6-10-12;;;;;/h1-7,9H;3*1H;;/q-1;;;;;+4/p-3. The molecule has 5 heteroatoms. The summed E-state index contributed by atoms with van der Waals surface area (Å²) in [4.78, 5) is 0. The molecule has 0 spiro atoms. The molecule has 1 heterocycles. The van der Waals surface area contributed by atoms with Crippen molar-refractivity contribution in [2.45, 2.75) is 0 Å². The second kappa shape index (κ2) is 9.00. The second-order valence-corrected chi connectivity index (χ2v) is 6.53. The number of halogens is 3. The molecule has 0 atom stereocenters. The van der Waals surface area contributed by atoms with Crippen LogP contribution in [0.25, 0.3) is 5.57 Å². The Hall–Kier alpha value is 1.01. The molecule has 0 N–H and O–H groups in total. The molecule has 0 saturated heterocycles. The van der Waals surface area contributed by atoms with Crippen molar-refractivity contribution >= 4 is 26.7 Å². The summed E-state index contributed by atoms with van der Waals surface area (Å²) in [6.45, 7) is 0. The van der Waals surface area contributed by atoms with Gasteiger partial charge in [0.1, 0.15) is 0 Å². The minimum absolute atomic E-state index is 0. The molecule has 1 aromatic rings. The zero-order chi connectivity index (χ0) is 8.67. The van der Waals surface area contributed by atoms with E-state index in [9.17, 15) is 0 Å². The maximum absolute atomic E-state index is 2.28. The van der Waals surface area contributed by atoms with Crippen molar-refractivity contribution in [1.29, 1.82) is 0 Å². The van der Waals surface area contributed by atoms with Crippen molar-refractivity contribution in [1.82, 2.24) is 0 Å². The summed E-state index contributed by atoms with van der Waals surface area (Å²) in [5, 5.41) is 1.48. The number of hydrogen-bond acceptors (Lipinski definition) is 0. The van der Waals surface area contributed by atoms with Gasteiger partial charge in [0.15, 0.2) is 0 Å². The Bertz CT molecular complexity index is 549. The third-order valence-corrected chi connectivity index (χ3v) is 5.94. The molecular weight excluding hydrogens is 463 g/mol. The fourth-order valence-corrected chi connectivity index (χ4v) is 5.19. The van der Waals surface area contributed by atoms with E-state index in [2.05, 4.69) is 48.9 Å². The summed E-state index contributed by atoms with van der Waals surface area (Å²) in [7, 11) is 0. The molecular formula is C12H8Cl3SbZr. The van der Waals surface area contributed by atoms with E-state index in [4.69, 9.17) is 0 Å². The molecule has 1 aromatic carbocycles. The largest absolute Gasteiger partial charge is 4.00 e. The van der Waals surface area contributed by atoms with Crippen molar-refractivity contribution in [3.63, 3.8) is 0 Å². The number of benzene rings is 1. The van der Waals surface area contributed by atoms with Gasteiger partial charge in [-0.2, -0.15) is 0 Å².